The topological polar surface area (TPSA) is 65.1 Å². The molecule has 0 radical (unpaired) electrons. The Morgan fingerprint density at radius 3 is 1.67 bits per heavy atom. The third-order valence-corrected chi connectivity index (χ3v) is 7.61. The summed E-state index contributed by atoms with van der Waals surface area (Å²) in [6.07, 6.45) is 2.88. The molecular formula is C15H29Cl2NO5Si. The van der Waals surface area contributed by atoms with Crippen molar-refractivity contribution < 1.29 is 22.9 Å². The van der Waals surface area contributed by atoms with Gasteiger partial charge in [-0.2, -0.15) is 0 Å². The predicted octanol–water partition coefficient (Wildman–Crippen LogP) is 3.04. The summed E-state index contributed by atoms with van der Waals surface area (Å²) in [5.74, 6) is 0. The second-order valence-corrected chi connectivity index (χ2v) is 9.93. The van der Waals surface area contributed by atoms with Crippen LogP contribution in [0.4, 0.5) is 0 Å². The van der Waals surface area contributed by atoms with Crippen LogP contribution in [0.15, 0.2) is 0 Å². The van der Waals surface area contributed by atoms with Gasteiger partial charge in [-0.1, -0.05) is 6.92 Å². The highest BCUT2D eigenvalue weighted by atomic mass is 35.5. The SMILES string of the molecule is CO[Si](OC)(OC)C(C)CCN(CCCC(=O)Cl)CCCC(=O)Cl. The van der Waals surface area contributed by atoms with E-state index in [0.29, 0.717) is 25.7 Å². The van der Waals surface area contributed by atoms with E-state index < -0.39 is 8.80 Å². The molecule has 0 rings (SSSR count). The number of carbonyl (C=O) groups is 2. The molecule has 142 valence electrons. The van der Waals surface area contributed by atoms with E-state index in [1.54, 1.807) is 21.3 Å². The average Bonchev–Trinajstić information content (AvgIpc) is 2.53. The van der Waals surface area contributed by atoms with Gasteiger partial charge in [-0.3, -0.25) is 9.59 Å². The van der Waals surface area contributed by atoms with Crippen LogP contribution in [0.25, 0.3) is 0 Å². The molecule has 0 aromatic heterocycles. The summed E-state index contributed by atoms with van der Waals surface area (Å²) in [5, 5.41) is -0.660. The van der Waals surface area contributed by atoms with Gasteiger partial charge in [-0.05, 0) is 62.1 Å². The highest BCUT2D eigenvalue weighted by molar-refractivity contribution is 6.63. The lowest BCUT2D eigenvalue weighted by atomic mass is 10.2. The van der Waals surface area contributed by atoms with Crippen molar-refractivity contribution in [3.8, 4) is 0 Å². The van der Waals surface area contributed by atoms with Crippen LogP contribution in [-0.2, 0) is 22.9 Å². The molecule has 0 aromatic carbocycles. The summed E-state index contributed by atoms with van der Waals surface area (Å²) in [6.45, 7) is 4.32. The summed E-state index contributed by atoms with van der Waals surface area (Å²) in [7, 11) is 2.15. The maximum Gasteiger partial charge on any atom is 0.503 e. The number of hydrogen-bond donors (Lipinski definition) is 0. The maximum atomic E-state index is 10.9. The minimum Gasteiger partial charge on any atom is -0.377 e. The van der Waals surface area contributed by atoms with Crippen LogP contribution in [-0.4, -0.2) is 65.2 Å². The van der Waals surface area contributed by atoms with Crippen molar-refractivity contribution in [2.75, 3.05) is 41.0 Å². The second-order valence-electron chi connectivity index (χ2n) is 5.66. The Morgan fingerprint density at radius 2 is 1.33 bits per heavy atom. The summed E-state index contributed by atoms with van der Waals surface area (Å²) in [4.78, 5) is 24.0. The number of carbonyl (C=O) groups excluding carboxylic acids is 2. The van der Waals surface area contributed by atoms with Crippen LogP contribution in [0, 0.1) is 0 Å². The fourth-order valence-corrected chi connectivity index (χ4v) is 5.08. The minimum absolute atomic E-state index is 0.129. The lowest BCUT2D eigenvalue weighted by Crippen LogP contribution is -2.47. The molecule has 0 bridgehead atoms. The van der Waals surface area contributed by atoms with E-state index in [2.05, 4.69) is 4.90 Å². The molecule has 1 unspecified atom stereocenters. The van der Waals surface area contributed by atoms with Gasteiger partial charge in [0.15, 0.2) is 0 Å². The zero-order chi connectivity index (χ0) is 18.6. The summed E-state index contributed by atoms with van der Waals surface area (Å²) in [5.41, 5.74) is 0.129. The molecule has 24 heavy (non-hydrogen) atoms. The maximum absolute atomic E-state index is 10.9. The van der Waals surface area contributed by atoms with E-state index in [4.69, 9.17) is 36.5 Å². The quantitative estimate of drug-likeness (QED) is 0.310. The Bertz CT molecular complexity index is 355. The lowest BCUT2D eigenvalue weighted by Gasteiger charge is -2.32. The molecule has 1 atom stereocenters. The molecule has 0 spiro atoms. The first-order chi connectivity index (χ1) is 11.3. The first kappa shape index (κ1) is 24.0. The standard InChI is InChI=1S/C15H29Cl2NO5Si/c1-13(24(21-2,22-3)23-4)9-12-18(10-5-7-14(16)19)11-6-8-15(17)20/h13H,5-12H2,1-4H3. The highest BCUT2D eigenvalue weighted by Gasteiger charge is 2.44. The largest absolute Gasteiger partial charge is 0.503 e. The molecule has 0 aliphatic carbocycles. The van der Waals surface area contributed by atoms with Gasteiger partial charge in [-0.15, -0.1) is 0 Å². The minimum atomic E-state index is -2.66. The van der Waals surface area contributed by atoms with Gasteiger partial charge in [-0.25, -0.2) is 0 Å². The van der Waals surface area contributed by atoms with E-state index in [1.807, 2.05) is 6.92 Å². The number of halogens is 2. The van der Waals surface area contributed by atoms with Crippen molar-refractivity contribution in [1.29, 1.82) is 0 Å². The van der Waals surface area contributed by atoms with E-state index >= 15 is 0 Å². The van der Waals surface area contributed by atoms with Gasteiger partial charge in [0.25, 0.3) is 0 Å². The fourth-order valence-electron chi connectivity index (χ4n) is 2.63. The van der Waals surface area contributed by atoms with Crippen LogP contribution in [0.5, 0.6) is 0 Å². The van der Waals surface area contributed by atoms with Crippen LogP contribution >= 0.6 is 23.2 Å². The van der Waals surface area contributed by atoms with Crippen LogP contribution in [0.2, 0.25) is 5.54 Å². The summed E-state index contributed by atoms with van der Waals surface area (Å²) < 4.78 is 16.5. The van der Waals surface area contributed by atoms with Crippen molar-refractivity contribution >= 4 is 42.5 Å². The fraction of sp³-hybridized carbons (Fsp3) is 0.867. The lowest BCUT2D eigenvalue weighted by molar-refractivity contribution is -0.112. The molecule has 0 saturated carbocycles. The van der Waals surface area contributed by atoms with Crippen molar-refractivity contribution in [1.82, 2.24) is 4.90 Å². The number of nitrogens with zero attached hydrogens (tertiary/aromatic N) is 1. The van der Waals surface area contributed by atoms with Gasteiger partial charge in [0, 0.05) is 39.7 Å². The highest BCUT2D eigenvalue weighted by Crippen LogP contribution is 2.27. The zero-order valence-corrected chi connectivity index (χ0v) is 17.5. The van der Waals surface area contributed by atoms with E-state index in [-0.39, 0.29) is 16.0 Å². The van der Waals surface area contributed by atoms with Gasteiger partial charge >= 0.3 is 8.80 Å². The third kappa shape index (κ3) is 9.46. The molecule has 0 aliphatic heterocycles. The Balaban J connectivity index is 4.54. The molecule has 0 N–H and O–H groups in total. The number of hydrogen-bond acceptors (Lipinski definition) is 6. The number of rotatable bonds is 15. The molecule has 0 saturated heterocycles. The molecule has 0 aromatic rings. The Hall–Kier alpha value is -0.0231. The Morgan fingerprint density at radius 1 is 0.917 bits per heavy atom. The molecule has 0 heterocycles. The Labute approximate surface area is 156 Å². The molecule has 0 fully saturated rings. The molecule has 9 heteroatoms. The average molecular weight is 402 g/mol. The first-order valence-corrected chi connectivity index (χ1v) is 10.6. The van der Waals surface area contributed by atoms with Crippen LogP contribution in [0.3, 0.4) is 0 Å². The van der Waals surface area contributed by atoms with Gasteiger partial charge in [0.1, 0.15) is 0 Å². The van der Waals surface area contributed by atoms with Crippen molar-refractivity contribution in [2.24, 2.45) is 0 Å². The van der Waals surface area contributed by atoms with Crippen LogP contribution in [0.1, 0.15) is 39.0 Å². The zero-order valence-electron chi connectivity index (χ0n) is 15.0. The van der Waals surface area contributed by atoms with Gasteiger partial charge in [0.05, 0.1) is 0 Å². The van der Waals surface area contributed by atoms with Crippen molar-refractivity contribution in [3.63, 3.8) is 0 Å². The van der Waals surface area contributed by atoms with E-state index in [9.17, 15) is 9.59 Å². The van der Waals surface area contributed by atoms with Gasteiger partial charge < -0.3 is 18.2 Å². The Kier molecular flexibility index (Phi) is 13.2. The third-order valence-electron chi connectivity index (χ3n) is 4.03. The predicted molar refractivity (Wildman–Crippen MR) is 97.5 cm³/mol. The molecular weight excluding hydrogens is 373 g/mol. The molecule has 0 amide bonds. The normalized spacial score (nSPS) is 13.3. The summed E-state index contributed by atoms with van der Waals surface area (Å²) in [6, 6.07) is 0. The van der Waals surface area contributed by atoms with E-state index in [0.717, 1.165) is 26.1 Å². The molecule has 0 aliphatic rings. The van der Waals surface area contributed by atoms with Crippen LogP contribution < -0.4 is 0 Å². The molecule has 6 nitrogen and oxygen atoms in total. The first-order valence-electron chi connectivity index (χ1n) is 8.05. The smallest absolute Gasteiger partial charge is 0.377 e. The van der Waals surface area contributed by atoms with Crippen molar-refractivity contribution in [2.45, 2.75) is 44.6 Å². The summed E-state index contributed by atoms with van der Waals surface area (Å²) >= 11 is 10.8. The second kappa shape index (κ2) is 13.2. The monoisotopic (exact) mass is 401 g/mol. The van der Waals surface area contributed by atoms with Gasteiger partial charge in [0.2, 0.25) is 10.5 Å². The van der Waals surface area contributed by atoms with Crippen molar-refractivity contribution in [3.05, 3.63) is 0 Å². The van der Waals surface area contributed by atoms with E-state index in [1.165, 1.54) is 0 Å².